The fraction of sp³-hybridized carbons (Fsp3) is 0.250. The lowest BCUT2D eigenvalue weighted by molar-refractivity contribution is 0.101. The molecular weight excluding hydrogens is 272 g/mol. The molecule has 1 aromatic heterocycles. The van der Waals surface area contributed by atoms with Crippen molar-refractivity contribution in [3.63, 3.8) is 0 Å². The van der Waals surface area contributed by atoms with Crippen LogP contribution in [0.4, 0.5) is 0 Å². The number of thiophene rings is 1. The molecule has 0 fully saturated rings. The normalized spacial score (nSPS) is 10.9. The smallest absolute Gasteiger partial charge is 0.160 e. The van der Waals surface area contributed by atoms with Gasteiger partial charge in [0.15, 0.2) is 5.78 Å². The Morgan fingerprint density at radius 3 is 2.53 bits per heavy atom. The van der Waals surface area contributed by atoms with E-state index in [1.807, 2.05) is 19.1 Å². The summed E-state index contributed by atoms with van der Waals surface area (Å²) in [6.45, 7) is 5.72. The van der Waals surface area contributed by atoms with E-state index in [0.717, 1.165) is 14.9 Å². The fourth-order valence-corrected chi connectivity index (χ4v) is 3.51. The molecule has 0 radical (unpaired) electrons. The van der Waals surface area contributed by atoms with Crippen LogP contribution < -0.4 is 0 Å². The molecule has 2 rings (SSSR count). The van der Waals surface area contributed by atoms with Gasteiger partial charge in [-0.15, -0.1) is 11.3 Å². The van der Waals surface area contributed by atoms with E-state index < -0.39 is 0 Å². The average Bonchev–Trinajstić information content (AvgIpc) is 2.45. The standard InChI is InChI=1S/C12H11BrOS/c1-6-9(8(3)14)4-5-10-7(2)12(13)15-11(6)10/h4-5H,1-3H3. The lowest BCUT2D eigenvalue weighted by Gasteiger charge is -2.02. The van der Waals surface area contributed by atoms with Crippen molar-refractivity contribution in [3.8, 4) is 0 Å². The molecule has 0 unspecified atom stereocenters. The molecule has 0 aliphatic carbocycles. The van der Waals surface area contributed by atoms with E-state index in [1.165, 1.54) is 15.6 Å². The van der Waals surface area contributed by atoms with Gasteiger partial charge in [0.1, 0.15) is 0 Å². The van der Waals surface area contributed by atoms with Gasteiger partial charge in [-0.1, -0.05) is 12.1 Å². The number of ketones is 1. The molecular formula is C12H11BrOS. The van der Waals surface area contributed by atoms with E-state index in [2.05, 4.69) is 22.9 Å². The van der Waals surface area contributed by atoms with Gasteiger partial charge >= 0.3 is 0 Å². The van der Waals surface area contributed by atoms with Crippen molar-refractivity contribution in [2.24, 2.45) is 0 Å². The fourth-order valence-electron chi connectivity index (χ4n) is 1.77. The zero-order chi connectivity index (χ0) is 11.2. The number of halogens is 1. The summed E-state index contributed by atoms with van der Waals surface area (Å²) in [4.78, 5) is 11.4. The van der Waals surface area contributed by atoms with Gasteiger partial charge in [0.05, 0.1) is 3.79 Å². The Hall–Kier alpha value is -0.670. The average molecular weight is 283 g/mol. The maximum absolute atomic E-state index is 11.4. The van der Waals surface area contributed by atoms with Crippen molar-refractivity contribution in [1.29, 1.82) is 0 Å². The molecule has 1 aromatic carbocycles. The highest BCUT2D eigenvalue weighted by Gasteiger charge is 2.12. The number of carbonyl (C=O) groups excluding carboxylic acids is 1. The van der Waals surface area contributed by atoms with Crippen LogP contribution in [0.5, 0.6) is 0 Å². The monoisotopic (exact) mass is 282 g/mol. The van der Waals surface area contributed by atoms with E-state index in [0.29, 0.717) is 0 Å². The van der Waals surface area contributed by atoms with Crippen molar-refractivity contribution >= 4 is 43.1 Å². The number of hydrogen-bond donors (Lipinski definition) is 0. The number of benzene rings is 1. The highest BCUT2D eigenvalue weighted by atomic mass is 79.9. The predicted octanol–water partition coefficient (Wildman–Crippen LogP) is 4.48. The first kappa shape index (κ1) is 10.8. The quantitative estimate of drug-likeness (QED) is 0.705. The van der Waals surface area contributed by atoms with Gasteiger partial charge in [0.2, 0.25) is 0 Å². The second-order valence-corrected chi connectivity index (χ2v) is 6.01. The Kier molecular flexibility index (Phi) is 2.69. The van der Waals surface area contributed by atoms with E-state index in [4.69, 9.17) is 0 Å². The molecule has 0 atom stereocenters. The van der Waals surface area contributed by atoms with Gasteiger partial charge in [0, 0.05) is 10.3 Å². The van der Waals surface area contributed by atoms with Gasteiger partial charge in [-0.05, 0) is 53.2 Å². The first-order valence-corrected chi connectivity index (χ1v) is 6.32. The van der Waals surface area contributed by atoms with Crippen LogP contribution >= 0.6 is 27.3 Å². The van der Waals surface area contributed by atoms with Gasteiger partial charge < -0.3 is 0 Å². The van der Waals surface area contributed by atoms with Crippen LogP contribution in [0.1, 0.15) is 28.4 Å². The topological polar surface area (TPSA) is 17.1 Å². The predicted molar refractivity (Wildman–Crippen MR) is 69.0 cm³/mol. The third-order valence-electron chi connectivity index (χ3n) is 2.68. The molecule has 1 heterocycles. The molecule has 0 saturated heterocycles. The van der Waals surface area contributed by atoms with Crippen LogP contribution in [0.2, 0.25) is 0 Å². The summed E-state index contributed by atoms with van der Waals surface area (Å²) in [5, 5.41) is 1.24. The summed E-state index contributed by atoms with van der Waals surface area (Å²) in [6, 6.07) is 3.96. The summed E-state index contributed by atoms with van der Waals surface area (Å²) in [5.41, 5.74) is 3.18. The summed E-state index contributed by atoms with van der Waals surface area (Å²) in [6.07, 6.45) is 0. The third kappa shape index (κ3) is 1.64. The number of rotatable bonds is 1. The van der Waals surface area contributed by atoms with Crippen molar-refractivity contribution < 1.29 is 4.79 Å². The molecule has 3 heteroatoms. The Balaban J connectivity index is 2.85. The number of carbonyl (C=O) groups is 1. The number of fused-ring (bicyclic) bond motifs is 1. The van der Waals surface area contributed by atoms with E-state index in [-0.39, 0.29) is 5.78 Å². The zero-order valence-electron chi connectivity index (χ0n) is 8.85. The minimum atomic E-state index is 0.136. The minimum absolute atomic E-state index is 0.136. The highest BCUT2D eigenvalue weighted by Crippen LogP contribution is 2.37. The van der Waals surface area contributed by atoms with Gasteiger partial charge in [0.25, 0.3) is 0 Å². The second-order valence-electron chi connectivity index (χ2n) is 3.67. The number of hydrogen-bond acceptors (Lipinski definition) is 2. The molecule has 0 amide bonds. The molecule has 1 nitrogen and oxygen atoms in total. The van der Waals surface area contributed by atoms with Crippen LogP contribution in [0.25, 0.3) is 10.1 Å². The summed E-state index contributed by atoms with van der Waals surface area (Å²) in [7, 11) is 0. The van der Waals surface area contributed by atoms with E-state index in [9.17, 15) is 4.79 Å². The van der Waals surface area contributed by atoms with E-state index in [1.54, 1.807) is 18.3 Å². The molecule has 0 spiro atoms. The SMILES string of the molecule is CC(=O)c1ccc2c(C)c(Br)sc2c1C. The second kappa shape index (κ2) is 3.72. The maximum Gasteiger partial charge on any atom is 0.160 e. The van der Waals surface area contributed by atoms with Gasteiger partial charge in [-0.25, -0.2) is 0 Å². The summed E-state index contributed by atoms with van der Waals surface area (Å²) in [5.74, 6) is 0.136. The van der Waals surface area contributed by atoms with Crippen molar-refractivity contribution in [2.45, 2.75) is 20.8 Å². The largest absolute Gasteiger partial charge is 0.295 e. The van der Waals surface area contributed by atoms with Gasteiger partial charge in [-0.2, -0.15) is 0 Å². The van der Waals surface area contributed by atoms with Crippen LogP contribution in [0, 0.1) is 13.8 Å². The lowest BCUT2D eigenvalue weighted by atomic mass is 10.0. The van der Waals surface area contributed by atoms with Crippen LogP contribution in [0.15, 0.2) is 15.9 Å². The third-order valence-corrected chi connectivity index (χ3v) is 4.97. The minimum Gasteiger partial charge on any atom is -0.295 e. The van der Waals surface area contributed by atoms with Crippen LogP contribution in [-0.4, -0.2) is 5.78 Å². The highest BCUT2D eigenvalue weighted by molar-refractivity contribution is 9.11. The Bertz CT molecular complexity index is 554. The Morgan fingerprint density at radius 2 is 1.93 bits per heavy atom. The summed E-state index contributed by atoms with van der Waals surface area (Å²) < 4.78 is 2.37. The Morgan fingerprint density at radius 1 is 1.27 bits per heavy atom. The first-order valence-electron chi connectivity index (χ1n) is 4.71. The zero-order valence-corrected chi connectivity index (χ0v) is 11.3. The van der Waals surface area contributed by atoms with Gasteiger partial charge in [-0.3, -0.25) is 4.79 Å². The number of aryl methyl sites for hydroxylation is 2. The van der Waals surface area contributed by atoms with E-state index >= 15 is 0 Å². The first-order chi connectivity index (χ1) is 7.02. The molecule has 0 N–H and O–H groups in total. The van der Waals surface area contributed by atoms with Crippen molar-refractivity contribution in [2.75, 3.05) is 0 Å². The molecule has 2 aromatic rings. The molecule has 0 bridgehead atoms. The maximum atomic E-state index is 11.4. The molecule has 0 aliphatic heterocycles. The van der Waals surface area contributed by atoms with Crippen molar-refractivity contribution in [1.82, 2.24) is 0 Å². The van der Waals surface area contributed by atoms with Crippen LogP contribution in [0.3, 0.4) is 0 Å². The summed E-state index contributed by atoms with van der Waals surface area (Å²) >= 11 is 5.24. The number of Topliss-reactive ketones (excluding diaryl/α,β-unsaturated/α-hetero) is 1. The van der Waals surface area contributed by atoms with Crippen LogP contribution in [-0.2, 0) is 0 Å². The van der Waals surface area contributed by atoms with Crippen molar-refractivity contribution in [3.05, 3.63) is 32.6 Å². The lowest BCUT2D eigenvalue weighted by Crippen LogP contribution is -1.95. The molecule has 15 heavy (non-hydrogen) atoms. The molecule has 0 aliphatic rings. The molecule has 0 saturated carbocycles. The molecule has 78 valence electrons. The Labute approximate surface area is 101 Å².